The molecule has 0 spiro atoms. The minimum Gasteiger partial charge on any atom is -0.496 e. The number of benzene rings is 1. The van der Waals surface area contributed by atoms with Gasteiger partial charge in [-0.25, -0.2) is 4.98 Å². The predicted molar refractivity (Wildman–Crippen MR) is 199 cm³/mol. The summed E-state index contributed by atoms with van der Waals surface area (Å²) in [6.07, 6.45) is 5.67. The van der Waals surface area contributed by atoms with Crippen molar-refractivity contribution in [3.63, 3.8) is 0 Å². The van der Waals surface area contributed by atoms with Gasteiger partial charge in [-0.15, -0.1) is 11.8 Å². The fourth-order valence-electron chi connectivity index (χ4n) is 5.97. The van der Waals surface area contributed by atoms with Crippen molar-refractivity contribution in [3.8, 4) is 5.75 Å². The number of carboxylic acid groups (broad SMARTS) is 1. The normalized spacial score (nSPS) is 15.1. The van der Waals surface area contributed by atoms with E-state index in [9.17, 15) is 14.4 Å². The highest BCUT2D eigenvalue weighted by Crippen LogP contribution is 2.28. The number of nitrogen functional groups attached to an aromatic ring is 1. The molecule has 14 nitrogen and oxygen atoms in total. The predicted octanol–water partition coefficient (Wildman–Crippen LogP) is 2.79. The number of thioether (sulfide) groups is 1. The van der Waals surface area contributed by atoms with Crippen molar-refractivity contribution in [1.82, 2.24) is 29.7 Å². The van der Waals surface area contributed by atoms with Gasteiger partial charge in [-0.05, 0) is 24.1 Å². The molecule has 1 aliphatic heterocycles. The highest BCUT2D eigenvalue weighted by Gasteiger charge is 2.24. The summed E-state index contributed by atoms with van der Waals surface area (Å²) in [5.41, 5.74) is 15.5. The van der Waals surface area contributed by atoms with E-state index in [2.05, 4.69) is 60.1 Å². The van der Waals surface area contributed by atoms with Crippen LogP contribution in [0.5, 0.6) is 5.75 Å². The number of nitrogens with one attached hydrogen (secondary N) is 2. The Morgan fingerprint density at radius 2 is 1.80 bits per heavy atom. The number of nitrogens with two attached hydrogens (primary N) is 2. The number of piperazine rings is 1. The van der Waals surface area contributed by atoms with Gasteiger partial charge in [-0.2, -0.15) is 4.98 Å². The molecule has 50 heavy (non-hydrogen) atoms. The number of amides is 1. The van der Waals surface area contributed by atoms with Gasteiger partial charge in [0.05, 0.1) is 24.4 Å². The molecule has 0 saturated carbocycles. The van der Waals surface area contributed by atoms with Crippen LogP contribution in [-0.2, 0) is 27.5 Å². The lowest BCUT2D eigenvalue weighted by molar-refractivity contribution is -0.138. The molecule has 1 aromatic carbocycles. The van der Waals surface area contributed by atoms with Gasteiger partial charge in [0, 0.05) is 82.7 Å². The summed E-state index contributed by atoms with van der Waals surface area (Å²) in [5.74, 6) is 0.493. The summed E-state index contributed by atoms with van der Waals surface area (Å²) < 4.78 is 7.98. The molecule has 274 valence electrons. The molecule has 7 N–H and O–H groups in total. The number of unbranched alkanes of at least 4 members (excludes halogenated alkanes) is 2. The molecule has 1 fully saturated rings. The number of fused-ring (bicyclic) bond motifs is 1. The number of ketones is 1. The van der Waals surface area contributed by atoms with Gasteiger partial charge in [0.25, 0.3) is 0 Å². The highest BCUT2D eigenvalue weighted by atomic mass is 32.2. The van der Waals surface area contributed by atoms with Gasteiger partial charge < -0.3 is 36.5 Å². The van der Waals surface area contributed by atoms with Gasteiger partial charge in [-0.1, -0.05) is 38.8 Å². The number of anilines is 2. The van der Waals surface area contributed by atoms with E-state index in [1.165, 1.54) is 5.56 Å². The lowest BCUT2D eigenvalue weighted by Gasteiger charge is -2.34. The SMILES string of the molecule is CCCCCNc1nc(N)nc2ccn(Cc3ccc(CN4CCN(CCNC(=O)C[C@@H](SC[C@H](N)C(=O)O)C(=O)CC)CC4)cc3OC)c12. The third-order valence-electron chi connectivity index (χ3n) is 8.89. The van der Waals surface area contributed by atoms with Crippen molar-refractivity contribution < 1.29 is 24.2 Å². The zero-order valence-electron chi connectivity index (χ0n) is 29.5. The van der Waals surface area contributed by atoms with Crippen LogP contribution in [0.1, 0.15) is 57.1 Å². The lowest BCUT2D eigenvalue weighted by atomic mass is 10.1. The molecular formula is C35H53N9O5S. The molecule has 2 atom stereocenters. The number of aliphatic carboxylic acids is 1. The van der Waals surface area contributed by atoms with Crippen molar-refractivity contribution >= 4 is 52.2 Å². The average Bonchev–Trinajstić information content (AvgIpc) is 3.51. The first-order valence-corrected chi connectivity index (χ1v) is 18.5. The molecule has 1 amide bonds. The van der Waals surface area contributed by atoms with E-state index < -0.39 is 17.3 Å². The summed E-state index contributed by atoms with van der Waals surface area (Å²) in [6, 6.07) is 7.30. The number of carbonyl (C=O) groups is 3. The van der Waals surface area contributed by atoms with Gasteiger partial charge in [-0.3, -0.25) is 24.2 Å². The molecule has 1 aliphatic rings. The van der Waals surface area contributed by atoms with E-state index in [4.69, 9.17) is 21.3 Å². The minimum atomic E-state index is -1.12. The first-order chi connectivity index (χ1) is 24.1. The summed E-state index contributed by atoms with van der Waals surface area (Å²) in [7, 11) is 1.70. The van der Waals surface area contributed by atoms with Gasteiger partial charge in [0.2, 0.25) is 11.9 Å². The summed E-state index contributed by atoms with van der Waals surface area (Å²) in [6.45, 7) is 10.9. The Labute approximate surface area is 298 Å². The maximum Gasteiger partial charge on any atom is 0.321 e. The zero-order chi connectivity index (χ0) is 36.0. The molecule has 0 bridgehead atoms. The number of hydrogen-bond donors (Lipinski definition) is 5. The number of carbonyl (C=O) groups excluding carboxylic acids is 2. The number of aromatic nitrogens is 3. The van der Waals surface area contributed by atoms with Crippen LogP contribution < -0.4 is 26.8 Å². The second-order valence-electron chi connectivity index (χ2n) is 12.6. The van der Waals surface area contributed by atoms with E-state index in [0.29, 0.717) is 19.6 Å². The van der Waals surface area contributed by atoms with Gasteiger partial charge in [0.15, 0.2) is 5.82 Å². The van der Waals surface area contributed by atoms with Crippen LogP contribution in [-0.4, -0.2) is 117 Å². The average molecular weight is 712 g/mol. The smallest absolute Gasteiger partial charge is 0.321 e. The quantitative estimate of drug-likeness (QED) is 0.101. The van der Waals surface area contributed by atoms with E-state index in [1.807, 2.05) is 12.3 Å². The molecule has 4 rings (SSSR count). The Hall–Kier alpha value is -3.92. The first-order valence-electron chi connectivity index (χ1n) is 17.5. The largest absolute Gasteiger partial charge is 0.496 e. The van der Waals surface area contributed by atoms with Crippen LogP contribution >= 0.6 is 11.8 Å². The third kappa shape index (κ3) is 11.3. The van der Waals surface area contributed by atoms with Crippen molar-refractivity contribution in [1.29, 1.82) is 0 Å². The van der Waals surface area contributed by atoms with Gasteiger partial charge in [0.1, 0.15) is 23.1 Å². The Balaban J connectivity index is 1.25. The molecule has 2 aromatic heterocycles. The second-order valence-corrected chi connectivity index (χ2v) is 13.9. The van der Waals surface area contributed by atoms with Crippen molar-refractivity contribution in [2.75, 3.05) is 69.7 Å². The molecule has 0 radical (unpaired) electrons. The monoisotopic (exact) mass is 711 g/mol. The van der Waals surface area contributed by atoms with E-state index in [1.54, 1.807) is 14.0 Å². The van der Waals surface area contributed by atoms with Crippen molar-refractivity contribution in [2.45, 2.75) is 70.3 Å². The van der Waals surface area contributed by atoms with E-state index in [0.717, 1.165) is 98.5 Å². The molecule has 3 aromatic rings. The summed E-state index contributed by atoms with van der Waals surface area (Å²) in [4.78, 5) is 49.6. The van der Waals surface area contributed by atoms with Crippen LogP contribution in [0.25, 0.3) is 11.0 Å². The fourth-order valence-corrected chi connectivity index (χ4v) is 7.17. The Morgan fingerprint density at radius 1 is 1.04 bits per heavy atom. The second kappa shape index (κ2) is 19.5. The third-order valence-corrected chi connectivity index (χ3v) is 10.3. The van der Waals surface area contributed by atoms with Crippen LogP contribution in [0, 0.1) is 0 Å². The number of methoxy groups -OCH3 is 1. The Kier molecular flexibility index (Phi) is 15.1. The lowest BCUT2D eigenvalue weighted by Crippen LogP contribution is -2.48. The molecule has 0 aliphatic carbocycles. The molecular weight excluding hydrogens is 659 g/mol. The van der Waals surface area contributed by atoms with Gasteiger partial charge >= 0.3 is 5.97 Å². The van der Waals surface area contributed by atoms with E-state index >= 15 is 0 Å². The van der Waals surface area contributed by atoms with Crippen LogP contribution in [0.2, 0.25) is 0 Å². The summed E-state index contributed by atoms with van der Waals surface area (Å²) in [5, 5.41) is 14.8. The van der Waals surface area contributed by atoms with Crippen LogP contribution in [0.3, 0.4) is 0 Å². The topological polar surface area (TPSA) is 194 Å². The maximum atomic E-state index is 12.6. The number of carboxylic acids is 1. The van der Waals surface area contributed by atoms with Crippen molar-refractivity contribution in [2.24, 2.45) is 5.73 Å². The first kappa shape index (κ1) is 38.9. The zero-order valence-corrected chi connectivity index (χ0v) is 30.3. The number of Topliss-reactive ketones (excluding diaryl/α,β-unsaturated/α-hetero) is 1. The Morgan fingerprint density at radius 3 is 2.50 bits per heavy atom. The highest BCUT2D eigenvalue weighted by molar-refractivity contribution is 8.00. The number of hydrogen-bond acceptors (Lipinski definition) is 12. The van der Waals surface area contributed by atoms with Crippen molar-refractivity contribution in [3.05, 3.63) is 41.6 Å². The van der Waals surface area contributed by atoms with Crippen LogP contribution in [0.4, 0.5) is 11.8 Å². The molecule has 0 unspecified atom stereocenters. The molecule has 1 saturated heterocycles. The number of ether oxygens (including phenoxy) is 1. The van der Waals surface area contributed by atoms with Crippen LogP contribution in [0.15, 0.2) is 30.5 Å². The maximum absolute atomic E-state index is 12.6. The Bertz CT molecular complexity index is 1580. The molecule has 15 heteroatoms. The minimum absolute atomic E-state index is 0.0165. The fraction of sp³-hybridized carbons (Fsp3) is 0.571. The van der Waals surface area contributed by atoms with E-state index in [-0.39, 0.29) is 36.2 Å². The molecule has 3 heterocycles. The number of rotatable bonds is 21. The number of nitrogens with zero attached hydrogens (tertiary/aromatic N) is 5. The summed E-state index contributed by atoms with van der Waals surface area (Å²) >= 11 is 1.14. The standard InChI is InChI=1S/C35H53N9O5S/c1-4-6-7-11-39-33-32-27(40-35(37)41-33)10-13-44(32)22-25-9-8-24(19-29(25)49-3)21-43-17-15-42(16-18-43)14-12-38-31(46)20-30(28(45)5-2)50-23-26(36)34(47)48/h8-10,13,19,26,30H,4-7,11-12,14-18,20-23,36H2,1-3H3,(H,38,46)(H,47,48)(H3,37,39,40,41)/t26-,30+/m0/s1.